The number of aliphatic hydroxyl groups is 1. The van der Waals surface area contributed by atoms with E-state index in [-0.39, 0.29) is 28.3 Å². The molecule has 0 bridgehead atoms. The standard InChI is InChI=1S/C22H30O4/c1-13-7-9-22-12-20(22,2)8-5-6-17(22)21(13,3)11-14-18(24)15(23)10-16(26-4)19(14)25/h10,13,17,24H,5-9,11-12H2,1-4H3/t13-,17+,20-,21-,22-/m1/s1. The quantitative estimate of drug-likeness (QED) is 0.754. The Labute approximate surface area is 155 Å². The monoisotopic (exact) mass is 358 g/mol. The van der Waals surface area contributed by atoms with Crippen molar-refractivity contribution in [2.75, 3.05) is 7.11 Å². The van der Waals surface area contributed by atoms with Crippen LogP contribution in [0.4, 0.5) is 0 Å². The van der Waals surface area contributed by atoms with Gasteiger partial charge in [-0.1, -0.05) is 27.2 Å². The molecule has 0 radical (unpaired) electrons. The van der Waals surface area contributed by atoms with Crippen molar-refractivity contribution in [3.05, 3.63) is 23.2 Å². The molecule has 0 aromatic carbocycles. The number of ether oxygens (including phenoxy) is 1. The minimum absolute atomic E-state index is 0.0458. The Morgan fingerprint density at radius 1 is 1.23 bits per heavy atom. The van der Waals surface area contributed by atoms with Crippen LogP contribution in [-0.2, 0) is 14.3 Å². The molecule has 142 valence electrons. The average molecular weight is 358 g/mol. The van der Waals surface area contributed by atoms with Crippen LogP contribution >= 0.6 is 0 Å². The highest BCUT2D eigenvalue weighted by molar-refractivity contribution is 6.20. The minimum atomic E-state index is -0.516. The highest BCUT2D eigenvalue weighted by Crippen LogP contribution is 2.80. The summed E-state index contributed by atoms with van der Waals surface area (Å²) in [5, 5.41) is 10.4. The molecule has 4 nitrogen and oxygen atoms in total. The Hall–Kier alpha value is -1.58. The maximum Gasteiger partial charge on any atom is 0.227 e. The molecule has 3 fully saturated rings. The molecule has 4 aliphatic rings. The van der Waals surface area contributed by atoms with Gasteiger partial charge in [-0.2, -0.15) is 0 Å². The van der Waals surface area contributed by atoms with Crippen LogP contribution in [0.15, 0.2) is 23.2 Å². The number of aliphatic hydroxyl groups excluding tert-OH is 1. The molecule has 1 N–H and O–H groups in total. The van der Waals surface area contributed by atoms with Gasteiger partial charge in [0, 0.05) is 11.6 Å². The van der Waals surface area contributed by atoms with Crippen molar-refractivity contribution in [3.63, 3.8) is 0 Å². The molecule has 0 unspecified atom stereocenters. The van der Waals surface area contributed by atoms with E-state index in [1.54, 1.807) is 0 Å². The van der Waals surface area contributed by atoms with Gasteiger partial charge in [-0.25, -0.2) is 0 Å². The van der Waals surface area contributed by atoms with Gasteiger partial charge in [0.1, 0.15) is 0 Å². The first-order chi connectivity index (χ1) is 12.2. The van der Waals surface area contributed by atoms with Gasteiger partial charge in [0.05, 0.1) is 7.11 Å². The highest BCUT2D eigenvalue weighted by atomic mass is 16.5. The van der Waals surface area contributed by atoms with E-state index in [1.807, 2.05) is 0 Å². The lowest BCUT2D eigenvalue weighted by Crippen LogP contribution is -2.48. The third kappa shape index (κ3) is 2.13. The normalized spacial score (nSPS) is 45.0. The van der Waals surface area contributed by atoms with E-state index in [0.29, 0.717) is 29.1 Å². The van der Waals surface area contributed by atoms with E-state index >= 15 is 0 Å². The Bertz CT molecular complexity index is 747. The summed E-state index contributed by atoms with van der Waals surface area (Å²) in [7, 11) is 1.40. The number of carbonyl (C=O) groups is 2. The summed E-state index contributed by atoms with van der Waals surface area (Å²) < 4.78 is 5.10. The van der Waals surface area contributed by atoms with Crippen molar-refractivity contribution in [2.24, 2.45) is 28.1 Å². The molecule has 0 saturated heterocycles. The lowest BCUT2D eigenvalue weighted by atomic mass is 9.50. The Balaban J connectivity index is 1.71. The third-order valence-electron chi connectivity index (χ3n) is 8.67. The molecular formula is C22H30O4. The van der Waals surface area contributed by atoms with E-state index < -0.39 is 5.78 Å². The van der Waals surface area contributed by atoms with Gasteiger partial charge in [-0.05, 0) is 66.6 Å². The van der Waals surface area contributed by atoms with Crippen molar-refractivity contribution < 1.29 is 19.4 Å². The smallest absolute Gasteiger partial charge is 0.227 e. The summed E-state index contributed by atoms with van der Waals surface area (Å²) in [6.07, 6.45) is 9.06. The van der Waals surface area contributed by atoms with Gasteiger partial charge in [0.15, 0.2) is 11.5 Å². The van der Waals surface area contributed by atoms with E-state index in [9.17, 15) is 14.7 Å². The topological polar surface area (TPSA) is 63.6 Å². The van der Waals surface area contributed by atoms with Gasteiger partial charge in [-0.3, -0.25) is 9.59 Å². The fourth-order valence-electron chi connectivity index (χ4n) is 6.83. The van der Waals surface area contributed by atoms with Gasteiger partial charge < -0.3 is 9.84 Å². The number of hydrogen-bond acceptors (Lipinski definition) is 4. The predicted molar refractivity (Wildman–Crippen MR) is 98.4 cm³/mol. The predicted octanol–water partition coefficient (Wildman–Crippen LogP) is 4.50. The molecule has 4 rings (SSSR count). The zero-order valence-electron chi connectivity index (χ0n) is 16.4. The second-order valence-corrected chi connectivity index (χ2v) is 9.69. The Morgan fingerprint density at radius 3 is 2.65 bits per heavy atom. The average Bonchev–Trinajstić information content (AvgIpc) is 3.24. The van der Waals surface area contributed by atoms with Crippen LogP contribution in [0.25, 0.3) is 0 Å². The van der Waals surface area contributed by atoms with Gasteiger partial charge in [0.2, 0.25) is 11.6 Å². The molecule has 0 aliphatic heterocycles. The van der Waals surface area contributed by atoms with Crippen LogP contribution < -0.4 is 0 Å². The SMILES string of the molecule is COC1=CC(=O)C(O)=C(C[C@]2(C)[C@H](C)CC[C@]34C[C@@]3(C)CCC[C@@H]24)C1=O. The summed E-state index contributed by atoms with van der Waals surface area (Å²) in [4.78, 5) is 24.9. The number of carbonyl (C=O) groups excluding carboxylic acids is 2. The summed E-state index contributed by atoms with van der Waals surface area (Å²) >= 11 is 0. The first-order valence-corrected chi connectivity index (χ1v) is 9.95. The van der Waals surface area contributed by atoms with Crippen LogP contribution in [0.3, 0.4) is 0 Å². The first kappa shape index (κ1) is 17.8. The van der Waals surface area contributed by atoms with Crippen molar-refractivity contribution in [1.82, 2.24) is 0 Å². The summed E-state index contributed by atoms with van der Waals surface area (Å²) in [5.41, 5.74) is 1.04. The zero-order chi connectivity index (χ0) is 18.9. The maximum absolute atomic E-state index is 12.8. The molecule has 4 aliphatic carbocycles. The Kier molecular flexibility index (Phi) is 3.74. The number of allylic oxidation sites excluding steroid dienone is 2. The van der Waals surface area contributed by atoms with Crippen LogP contribution in [0.5, 0.6) is 0 Å². The molecule has 0 aromatic rings. The second-order valence-electron chi connectivity index (χ2n) is 9.69. The van der Waals surface area contributed by atoms with Crippen LogP contribution in [-0.4, -0.2) is 23.8 Å². The lowest BCUT2D eigenvalue weighted by Gasteiger charge is -2.55. The molecule has 0 aromatic heterocycles. The largest absolute Gasteiger partial charge is 0.504 e. The Morgan fingerprint density at radius 2 is 1.96 bits per heavy atom. The van der Waals surface area contributed by atoms with Gasteiger partial charge in [-0.15, -0.1) is 0 Å². The summed E-state index contributed by atoms with van der Waals surface area (Å²) in [5.74, 6) is -0.161. The molecular weight excluding hydrogens is 328 g/mol. The van der Waals surface area contributed by atoms with E-state index in [2.05, 4.69) is 20.8 Å². The molecule has 4 heteroatoms. The lowest BCUT2D eigenvalue weighted by molar-refractivity contribution is -0.120. The number of rotatable bonds is 3. The van der Waals surface area contributed by atoms with Crippen LogP contribution in [0.1, 0.15) is 65.7 Å². The summed E-state index contributed by atoms with van der Waals surface area (Å²) in [6, 6.07) is 0. The maximum atomic E-state index is 12.8. The molecule has 1 spiro atoms. The van der Waals surface area contributed by atoms with Crippen LogP contribution in [0, 0.1) is 28.1 Å². The van der Waals surface area contributed by atoms with E-state index in [4.69, 9.17) is 4.74 Å². The molecule has 3 saturated carbocycles. The molecule has 5 atom stereocenters. The fraction of sp³-hybridized carbons (Fsp3) is 0.727. The number of methoxy groups -OCH3 is 1. The van der Waals surface area contributed by atoms with Crippen molar-refractivity contribution in [3.8, 4) is 0 Å². The van der Waals surface area contributed by atoms with Crippen molar-refractivity contribution in [1.29, 1.82) is 0 Å². The highest BCUT2D eigenvalue weighted by Gasteiger charge is 2.72. The second kappa shape index (κ2) is 5.46. The third-order valence-corrected chi connectivity index (χ3v) is 8.67. The minimum Gasteiger partial charge on any atom is -0.504 e. The van der Waals surface area contributed by atoms with Gasteiger partial charge >= 0.3 is 0 Å². The van der Waals surface area contributed by atoms with Crippen molar-refractivity contribution >= 4 is 11.6 Å². The molecule has 0 heterocycles. The number of ketones is 2. The molecule has 26 heavy (non-hydrogen) atoms. The summed E-state index contributed by atoms with van der Waals surface area (Å²) in [6.45, 7) is 7.00. The van der Waals surface area contributed by atoms with E-state index in [0.717, 1.165) is 12.5 Å². The zero-order valence-corrected chi connectivity index (χ0v) is 16.4. The van der Waals surface area contributed by atoms with Crippen LogP contribution in [0.2, 0.25) is 0 Å². The number of hydrogen-bond donors (Lipinski definition) is 1. The fourth-order valence-corrected chi connectivity index (χ4v) is 6.83. The first-order valence-electron chi connectivity index (χ1n) is 9.95. The van der Waals surface area contributed by atoms with Crippen molar-refractivity contribution in [2.45, 2.75) is 65.7 Å². The number of Topliss-reactive ketones (excluding diaryl/α,β-unsaturated/α-hetero) is 1. The van der Waals surface area contributed by atoms with E-state index in [1.165, 1.54) is 39.2 Å². The molecule has 0 amide bonds. The van der Waals surface area contributed by atoms with Gasteiger partial charge in [0.25, 0.3) is 0 Å².